The third-order valence-corrected chi connectivity index (χ3v) is 5.19. The Morgan fingerprint density at radius 2 is 1.62 bits per heavy atom. The van der Waals surface area contributed by atoms with E-state index in [1.165, 1.54) is 6.92 Å². The molecule has 3 N–H and O–H groups in total. The van der Waals surface area contributed by atoms with Crippen LogP contribution < -0.4 is 25.4 Å². The van der Waals surface area contributed by atoms with Crippen LogP contribution in [-0.2, 0) is 19.9 Å². The van der Waals surface area contributed by atoms with Crippen LogP contribution in [0.15, 0.2) is 42.5 Å². The van der Waals surface area contributed by atoms with E-state index in [9.17, 15) is 19.2 Å². The fourth-order valence-electron chi connectivity index (χ4n) is 3.57. The van der Waals surface area contributed by atoms with Gasteiger partial charge >= 0.3 is 6.03 Å². The van der Waals surface area contributed by atoms with Crippen molar-refractivity contribution in [1.82, 2.24) is 10.2 Å². The quantitative estimate of drug-likeness (QED) is 0.612. The average molecular weight is 438 g/mol. The van der Waals surface area contributed by atoms with Crippen LogP contribution in [0.1, 0.15) is 19.4 Å². The van der Waals surface area contributed by atoms with Crippen molar-refractivity contribution < 1.29 is 28.7 Å². The molecule has 32 heavy (non-hydrogen) atoms. The monoisotopic (exact) mass is 438 g/mol. The Morgan fingerprint density at radius 1 is 1.00 bits per heavy atom. The van der Waals surface area contributed by atoms with Crippen LogP contribution in [0.5, 0.6) is 11.5 Å². The van der Waals surface area contributed by atoms with E-state index in [0.717, 1.165) is 4.90 Å². The molecule has 2 aliphatic rings. The topological polar surface area (TPSA) is 126 Å². The van der Waals surface area contributed by atoms with E-state index < -0.39 is 29.9 Å². The van der Waals surface area contributed by atoms with E-state index in [4.69, 9.17) is 9.47 Å². The van der Waals surface area contributed by atoms with Crippen molar-refractivity contribution in [2.75, 3.05) is 30.4 Å². The highest BCUT2D eigenvalue weighted by atomic mass is 16.6. The first-order valence-corrected chi connectivity index (χ1v) is 9.98. The third-order valence-electron chi connectivity index (χ3n) is 5.19. The van der Waals surface area contributed by atoms with Crippen molar-refractivity contribution in [1.29, 1.82) is 0 Å². The van der Waals surface area contributed by atoms with Crippen LogP contribution in [0.3, 0.4) is 0 Å². The predicted octanol–water partition coefficient (Wildman–Crippen LogP) is 1.82. The molecule has 0 saturated carbocycles. The lowest BCUT2D eigenvalue weighted by molar-refractivity contribution is -0.133. The molecular weight excluding hydrogens is 416 g/mol. The lowest BCUT2D eigenvalue weighted by Crippen LogP contribution is -2.42. The number of nitrogens with zero attached hydrogens (tertiary/aromatic N) is 1. The Morgan fingerprint density at radius 3 is 2.28 bits per heavy atom. The lowest BCUT2D eigenvalue weighted by atomic mass is 9.91. The summed E-state index contributed by atoms with van der Waals surface area (Å²) in [5.41, 5.74) is 0.231. The molecule has 0 unspecified atom stereocenters. The van der Waals surface area contributed by atoms with Gasteiger partial charge in [0, 0.05) is 18.3 Å². The van der Waals surface area contributed by atoms with Crippen LogP contribution in [0.4, 0.5) is 16.2 Å². The van der Waals surface area contributed by atoms with Gasteiger partial charge in [-0.25, -0.2) is 4.79 Å². The van der Waals surface area contributed by atoms with Gasteiger partial charge in [0.05, 0.1) is 0 Å². The Kier molecular flexibility index (Phi) is 5.43. The van der Waals surface area contributed by atoms with Gasteiger partial charge in [0.1, 0.15) is 25.3 Å². The van der Waals surface area contributed by atoms with Gasteiger partial charge in [0.15, 0.2) is 11.5 Å². The molecule has 10 nitrogen and oxygen atoms in total. The number of carbonyl (C=O) groups excluding carboxylic acids is 4. The van der Waals surface area contributed by atoms with E-state index in [2.05, 4.69) is 16.0 Å². The number of benzene rings is 2. The highest BCUT2D eigenvalue weighted by Gasteiger charge is 2.49. The summed E-state index contributed by atoms with van der Waals surface area (Å²) in [7, 11) is 0. The van der Waals surface area contributed by atoms with E-state index in [-0.39, 0.29) is 5.91 Å². The summed E-state index contributed by atoms with van der Waals surface area (Å²) >= 11 is 0. The second kappa shape index (κ2) is 8.22. The molecule has 1 saturated heterocycles. The van der Waals surface area contributed by atoms with Crippen molar-refractivity contribution in [3.63, 3.8) is 0 Å². The predicted molar refractivity (Wildman–Crippen MR) is 114 cm³/mol. The van der Waals surface area contributed by atoms with Crippen LogP contribution in [0.2, 0.25) is 0 Å². The first kappa shape index (κ1) is 21.2. The maximum absolute atomic E-state index is 13.1. The maximum atomic E-state index is 13.1. The number of fused-ring (bicyclic) bond motifs is 1. The summed E-state index contributed by atoms with van der Waals surface area (Å²) in [5, 5.41) is 7.93. The first-order valence-electron chi connectivity index (χ1n) is 9.98. The summed E-state index contributed by atoms with van der Waals surface area (Å²) in [4.78, 5) is 50.0. The zero-order chi connectivity index (χ0) is 22.9. The van der Waals surface area contributed by atoms with Crippen LogP contribution in [-0.4, -0.2) is 48.4 Å². The molecule has 2 aliphatic heterocycles. The van der Waals surface area contributed by atoms with E-state index >= 15 is 0 Å². The maximum Gasteiger partial charge on any atom is 0.325 e. The minimum atomic E-state index is -1.34. The molecule has 2 aromatic carbocycles. The van der Waals surface area contributed by atoms with Gasteiger partial charge in [0.2, 0.25) is 11.8 Å². The molecule has 0 aliphatic carbocycles. The number of hydrogen-bond donors (Lipinski definition) is 3. The number of hydrogen-bond acceptors (Lipinski definition) is 6. The summed E-state index contributed by atoms with van der Waals surface area (Å²) in [6.07, 6.45) is 0. The minimum absolute atomic E-state index is 0.207. The van der Waals surface area contributed by atoms with Crippen LogP contribution in [0, 0.1) is 0 Å². The molecule has 0 bridgehead atoms. The van der Waals surface area contributed by atoms with Gasteiger partial charge in [-0.3, -0.25) is 19.3 Å². The van der Waals surface area contributed by atoms with Gasteiger partial charge in [-0.1, -0.05) is 6.07 Å². The lowest BCUT2D eigenvalue weighted by Gasteiger charge is -2.25. The summed E-state index contributed by atoms with van der Waals surface area (Å²) < 4.78 is 11.1. The Hall–Kier alpha value is -4.08. The molecule has 4 rings (SSSR count). The first-order chi connectivity index (χ1) is 15.3. The number of ether oxygens (including phenoxy) is 2. The fraction of sp³-hybridized carbons (Fsp3) is 0.273. The molecule has 10 heteroatoms. The highest BCUT2D eigenvalue weighted by molar-refractivity contribution is 6.10. The molecule has 5 amide bonds. The Bertz CT molecular complexity index is 1100. The van der Waals surface area contributed by atoms with E-state index in [1.54, 1.807) is 49.4 Å². The SMILES string of the molecule is CC(=O)Nc1ccc(NC(=O)CN2C(=O)N[C@](C)(c3ccc4c(c3)OCCO4)C2=O)cc1. The standard InChI is InChI=1S/C22H22N4O6/c1-13(27)23-15-4-6-16(7-5-15)24-19(28)12-26-20(29)22(2,25-21(26)30)14-3-8-17-18(11-14)32-10-9-31-17/h3-8,11H,9-10,12H2,1-2H3,(H,23,27)(H,24,28)(H,25,30)/t22-/m1/s1. The molecule has 166 valence electrons. The van der Waals surface area contributed by atoms with Crippen LogP contribution in [0.25, 0.3) is 0 Å². The van der Waals surface area contributed by atoms with Crippen molar-refractivity contribution in [3.05, 3.63) is 48.0 Å². The molecule has 2 heterocycles. The molecular formula is C22H22N4O6. The average Bonchev–Trinajstić information content (AvgIpc) is 2.98. The summed E-state index contributed by atoms with van der Waals surface area (Å²) in [6.45, 7) is 3.37. The fourth-order valence-corrected chi connectivity index (χ4v) is 3.57. The third kappa shape index (κ3) is 4.07. The largest absolute Gasteiger partial charge is 0.486 e. The van der Waals surface area contributed by atoms with Crippen molar-refractivity contribution in [2.45, 2.75) is 19.4 Å². The van der Waals surface area contributed by atoms with Crippen molar-refractivity contribution in [3.8, 4) is 11.5 Å². The van der Waals surface area contributed by atoms with Gasteiger partial charge in [-0.05, 0) is 48.9 Å². The second-order valence-electron chi connectivity index (χ2n) is 7.61. The molecule has 1 atom stereocenters. The van der Waals surface area contributed by atoms with Crippen LogP contribution >= 0.6 is 0 Å². The smallest absolute Gasteiger partial charge is 0.325 e. The molecule has 0 aromatic heterocycles. The number of carbonyl (C=O) groups is 4. The number of urea groups is 1. The molecule has 0 spiro atoms. The van der Waals surface area contributed by atoms with Crippen molar-refractivity contribution >= 4 is 35.1 Å². The number of amides is 5. The van der Waals surface area contributed by atoms with Gasteiger partial charge in [0.25, 0.3) is 5.91 Å². The minimum Gasteiger partial charge on any atom is -0.486 e. The second-order valence-corrected chi connectivity index (χ2v) is 7.61. The zero-order valence-electron chi connectivity index (χ0n) is 17.6. The molecule has 0 radical (unpaired) electrons. The molecule has 2 aromatic rings. The van der Waals surface area contributed by atoms with Gasteiger partial charge in [-0.15, -0.1) is 0 Å². The van der Waals surface area contributed by atoms with Gasteiger partial charge in [-0.2, -0.15) is 0 Å². The summed E-state index contributed by atoms with van der Waals surface area (Å²) in [5.74, 6) is -0.221. The highest BCUT2D eigenvalue weighted by Crippen LogP contribution is 2.36. The number of nitrogens with one attached hydrogen (secondary N) is 3. The number of rotatable bonds is 5. The Balaban J connectivity index is 1.44. The van der Waals surface area contributed by atoms with Crippen molar-refractivity contribution in [2.24, 2.45) is 0 Å². The Labute approximate surface area is 183 Å². The zero-order valence-corrected chi connectivity index (χ0v) is 17.6. The van der Waals surface area contributed by atoms with Gasteiger partial charge < -0.3 is 25.4 Å². The number of imide groups is 1. The van der Waals surface area contributed by atoms with E-state index in [0.29, 0.717) is 41.7 Å². The molecule has 1 fully saturated rings. The van der Waals surface area contributed by atoms with E-state index in [1.807, 2.05) is 0 Å². The summed E-state index contributed by atoms with van der Waals surface area (Å²) in [6, 6.07) is 10.8. The normalized spacial score (nSPS) is 19.4. The number of anilines is 2.